The van der Waals surface area contributed by atoms with Gasteiger partial charge >= 0.3 is 0 Å². The Morgan fingerprint density at radius 1 is 1.29 bits per heavy atom. The van der Waals surface area contributed by atoms with Crippen LogP contribution in [0.5, 0.6) is 0 Å². The van der Waals surface area contributed by atoms with E-state index >= 15 is 0 Å². The van der Waals surface area contributed by atoms with Crippen LogP contribution in [-0.4, -0.2) is 11.0 Å². The number of benzene rings is 1. The molecule has 90 valence electrons. The number of nitrogens with one attached hydrogen (secondary N) is 1. The zero-order chi connectivity index (χ0) is 12.3. The molecule has 0 amide bonds. The van der Waals surface area contributed by atoms with Gasteiger partial charge in [0.15, 0.2) is 0 Å². The summed E-state index contributed by atoms with van der Waals surface area (Å²) < 4.78 is 12.8. The molecular weight excluding hydrogens is 235 g/mol. The summed E-state index contributed by atoms with van der Waals surface area (Å²) in [6.45, 7) is 5.06. The first kappa shape index (κ1) is 12.2. The highest BCUT2D eigenvalue weighted by atomic mass is 32.1. The molecule has 0 saturated carbocycles. The average molecular weight is 250 g/mol. The summed E-state index contributed by atoms with van der Waals surface area (Å²) in [4.78, 5) is 5.54. The predicted molar refractivity (Wildman–Crippen MR) is 69.5 cm³/mol. The fourth-order valence-electron chi connectivity index (χ4n) is 1.42. The molecule has 17 heavy (non-hydrogen) atoms. The Balaban J connectivity index is 2.10. The molecule has 0 fully saturated rings. The van der Waals surface area contributed by atoms with E-state index in [0.717, 1.165) is 17.1 Å². The SMILES string of the molecule is CC(C)NCc1cnc(-c2ccc(F)cc2)s1. The molecule has 1 aromatic carbocycles. The molecule has 0 saturated heterocycles. The number of rotatable bonds is 4. The van der Waals surface area contributed by atoms with Crippen LogP contribution in [0.4, 0.5) is 4.39 Å². The minimum atomic E-state index is -0.216. The van der Waals surface area contributed by atoms with Gasteiger partial charge in [-0.2, -0.15) is 0 Å². The molecular formula is C13H15FN2S. The quantitative estimate of drug-likeness (QED) is 0.899. The van der Waals surface area contributed by atoms with Gasteiger partial charge in [-0.15, -0.1) is 11.3 Å². The van der Waals surface area contributed by atoms with Crippen molar-refractivity contribution in [1.82, 2.24) is 10.3 Å². The highest BCUT2D eigenvalue weighted by molar-refractivity contribution is 7.15. The minimum absolute atomic E-state index is 0.216. The third kappa shape index (κ3) is 3.35. The first-order valence-electron chi connectivity index (χ1n) is 5.59. The van der Waals surface area contributed by atoms with E-state index in [1.165, 1.54) is 17.0 Å². The molecule has 0 aliphatic heterocycles. The lowest BCUT2D eigenvalue weighted by atomic mass is 10.2. The second-order valence-electron chi connectivity index (χ2n) is 4.17. The lowest BCUT2D eigenvalue weighted by molar-refractivity contribution is 0.593. The fourth-order valence-corrected chi connectivity index (χ4v) is 2.29. The van der Waals surface area contributed by atoms with Crippen molar-refractivity contribution >= 4 is 11.3 Å². The lowest BCUT2D eigenvalue weighted by Gasteiger charge is -2.04. The maximum Gasteiger partial charge on any atom is 0.123 e. The topological polar surface area (TPSA) is 24.9 Å². The van der Waals surface area contributed by atoms with Crippen molar-refractivity contribution in [3.05, 3.63) is 41.2 Å². The van der Waals surface area contributed by atoms with Gasteiger partial charge in [-0.25, -0.2) is 9.37 Å². The Morgan fingerprint density at radius 3 is 2.65 bits per heavy atom. The molecule has 1 aromatic heterocycles. The first-order chi connectivity index (χ1) is 8.15. The van der Waals surface area contributed by atoms with Crippen molar-refractivity contribution in [3.8, 4) is 10.6 Å². The smallest absolute Gasteiger partial charge is 0.123 e. The number of nitrogens with zero attached hydrogens (tertiary/aromatic N) is 1. The van der Waals surface area contributed by atoms with Crippen LogP contribution in [0.1, 0.15) is 18.7 Å². The molecule has 2 rings (SSSR count). The summed E-state index contributed by atoms with van der Waals surface area (Å²) in [5.41, 5.74) is 0.965. The average Bonchev–Trinajstić information content (AvgIpc) is 2.76. The minimum Gasteiger partial charge on any atom is -0.310 e. The number of thiazole rings is 1. The Bertz CT molecular complexity index is 476. The van der Waals surface area contributed by atoms with Gasteiger partial charge < -0.3 is 5.32 Å². The van der Waals surface area contributed by atoms with E-state index in [4.69, 9.17) is 0 Å². The van der Waals surface area contributed by atoms with Crippen molar-refractivity contribution in [2.24, 2.45) is 0 Å². The van der Waals surface area contributed by atoms with E-state index in [9.17, 15) is 4.39 Å². The summed E-state index contributed by atoms with van der Waals surface area (Å²) in [6.07, 6.45) is 1.87. The van der Waals surface area contributed by atoms with Gasteiger partial charge in [0.05, 0.1) is 0 Å². The third-order valence-electron chi connectivity index (χ3n) is 2.33. The summed E-state index contributed by atoms with van der Waals surface area (Å²) in [7, 11) is 0. The van der Waals surface area contributed by atoms with E-state index in [-0.39, 0.29) is 5.82 Å². The van der Waals surface area contributed by atoms with Gasteiger partial charge in [0, 0.05) is 29.2 Å². The summed E-state index contributed by atoms with van der Waals surface area (Å²) in [5.74, 6) is -0.216. The molecule has 2 nitrogen and oxygen atoms in total. The van der Waals surface area contributed by atoms with Gasteiger partial charge in [0.1, 0.15) is 10.8 Å². The van der Waals surface area contributed by atoms with Crippen molar-refractivity contribution < 1.29 is 4.39 Å². The van der Waals surface area contributed by atoms with Crippen LogP contribution < -0.4 is 5.32 Å². The summed E-state index contributed by atoms with van der Waals surface area (Å²) in [5, 5.41) is 4.28. The second-order valence-corrected chi connectivity index (χ2v) is 5.29. The van der Waals surface area contributed by atoms with E-state index in [1.807, 2.05) is 6.20 Å². The molecule has 0 atom stereocenters. The molecule has 4 heteroatoms. The Kier molecular flexibility index (Phi) is 3.86. The summed E-state index contributed by atoms with van der Waals surface area (Å²) >= 11 is 1.64. The zero-order valence-electron chi connectivity index (χ0n) is 9.90. The largest absolute Gasteiger partial charge is 0.310 e. The van der Waals surface area contributed by atoms with Crippen molar-refractivity contribution in [3.63, 3.8) is 0 Å². The van der Waals surface area contributed by atoms with E-state index in [0.29, 0.717) is 6.04 Å². The van der Waals surface area contributed by atoms with Crippen molar-refractivity contribution in [2.75, 3.05) is 0 Å². The molecule has 0 radical (unpaired) electrons. The third-order valence-corrected chi connectivity index (χ3v) is 3.38. The zero-order valence-corrected chi connectivity index (χ0v) is 10.7. The molecule has 1 N–H and O–H groups in total. The van der Waals surface area contributed by atoms with E-state index < -0.39 is 0 Å². The predicted octanol–water partition coefficient (Wildman–Crippen LogP) is 3.45. The van der Waals surface area contributed by atoms with Crippen LogP contribution in [-0.2, 0) is 6.54 Å². The molecule has 0 bridgehead atoms. The second kappa shape index (κ2) is 5.38. The number of aromatic nitrogens is 1. The van der Waals surface area contributed by atoms with Crippen LogP contribution in [0.15, 0.2) is 30.5 Å². The Hall–Kier alpha value is -1.26. The van der Waals surface area contributed by atoms with Crippen molar-refractivity contribution in [1.29, 1.82) is 0 Å². The van der Waals surface area contributed by atoms with Gasteiger partial charge in [-0.3, -0.25) is 0 Å². The first-order valence-corrected chi connectivity index (χ1v) is 6.41. The van der Waals surface area contributed by atoms with Crippen LogP contribution in [0.25, 0.3) is 10.6 Å². The maximum atomic E-state index is 12.8. The van der Waals surface area contributed by atoms with Gasteiger partial charge in [-0.05, 0) is 24.3 Å². The Labute approximate surface area is 105 Å². The molecule has 1 heterocycles. The van der Waals surface area contributed by atoms with Crippen molar-refractivity contribution in [2.45, 2.75) is 26.4 Å². The number of hydrogen-bond donors (Lipinski definition) is 1. The highest BCUT2D eigenvalue weighted by Gasteiger charge is 2.05. The molecule has 0 aliphatic rings. The van der Waals surface area contributed by atoms with E-state index in [2.05, 4.69) is 24.1 Å². The molecule has 0 spiro atoms. The normalized spacial score (nSPS) is 11.1. The molecule has 0 aliphatic carbocycles. The van der Waals surface area contributed by atoms with Gasteiger partial charge in [0.25, 0.3) is 0 Å². The standard InChI is InChI=1S/C13H15FN2S/c1-9(2)15-7-12-8-16-13(17-12)10-3-5-11(14)6-4-10/h3-6,8-9,15H,7H2,1-2H3. The number of halogens is 1. The number of hydrogen-bond acceptors (Lipinski definition) is 3. The highest BCUT2D eigenvalue weighted by Crippen LogP contribution is 2.25. The molecule has 2 aromatic rings. The monoisotopic (exact) mass is 250 g/mol. The maximum absolute atomic E-state index is 12.8. The van der Waals surface area contributed by atoms with Gasteiger partial charge in [0.2, 0.25) is 0 Å². The van der Waals surface area contributed by atoms with E-state index in [1.54, 1.807) is 23.5 Å². The van der Waals surface area contributed by atoms with Crippen LogP contribution in [0, 0.1) is 5.82 Å². The Morgan fingerprint density at radius 2 is 2.00 bits per heavy atom. The lowest BCUT2D eigenvalue weighted by Crippen LogP contribution is -2.21. The summed E-state index contributed by atoms with van der Waals surface area (Å²) in [6, 6.07) is 6.90. The van der Waals surface area contributed by atoms with Crippen LogP contribution in [0.2, 0.25) is 0 Å². The molecule has 0 unspecified atom stereocenters. The van der Waals surface area contributed by atoms with Gasteiger partial charge in [-0.1, -0.05) is 13.8 Å². The van der Waals surface area contributed by atoms with Crippen LogP contribution in [0.3, 0.4) is 0 Å². The van der Waals surface area contributed by atoms with Crippen LogP contribution >= 0.6 is 11.3 Å². The fraction of sp³-hybridized carbons (Fsp3) is 0.308.